The molecule has 0 saturated carbocycles. The molecule has 0 unspecified atom stereocenters. The smallest absolute Gasteiger partial charge is 0.308 e. The van der Waals surface area contributed by atoms with E-state index in [-0.39, 0.29) is 25.0 Å². The lowest BCUT2D eigenvalue weighted by Gasteiger charge is -2.08. The van der Waals surface area contributed by atoms with Gasteiger partial charge in [0, 0.05) is 6.42 Å². The molecule has 0 fully saturated rings. The molecule has 0 N–H and O–H groups in total. The molecule has 0 bridgehead atoms. The first kappa shape index (κ1) is 32.7. The molecule has 0 atom stereocenters. The summed E-state index contributed by atoms with van der Waals surface area (Å²) in [6.45, 7) is 10.00. The predicted octanol–water partition coefficient (Wildman–Crippen LogP) is 2.55. The summed E-state index contributed by atoms with van der Waals surface area (Å²) in [7, 11) is 0. The highest BCUT2D eigenvalue weighted by Gasteiger charge is 2.02. The standard InChI is InChI=1S/C24H46O10/c1-3-5-6-7-8-23(25)34-22-21-32-20-19-31-18-17-30-16-15-29-14-13-28-12-11-27-10-9-24(26)33-4-2/h3-22H2,1-2H3. The fourth-order valence-corrected chi connectivity index (χ4v) is 2.57. The van der Waals surface area contributed by atoms with Gasteiger partial charge in [0.1, 0.15) is 6.61 Å². The molecular weight excluding hydrogens is 448 g/mol. The molecule has 0 saturated heterocycles. The van der Waals surface area contributed by atoms with Crippen LogP contribution in [-0.2, 0) is 47.5 Å². The molecule has 0 spiro atoms. The summed E-state index contributed by atoms with van der Waals surface area (Å²) in [5.41, 5.74) is 0. The molecule has 0 aromatic carbocycles. The lowest BCUT2D eigenvalue weighted by molar-refractivity contribution is -0.146. The van der Waals surface area contributed by atoms with Crippen molar-refractivity contribution in [1.82, 2.24) is 0 Å². The zero-order valence-electron chi connectivity index (χ0n) is 21.2. The molecule has 0 aliphatic heterocycles. The summed E-state index contributed by atoms with van der Waals surface area (Å²) in [6.07, 6.45) is 5.02. The van der Waals surface area contributed by atoms with Crippen LogP contribution in [0.15, 0.2) is 0 Å². The van der Waals surface area contributed by atoms with Crippen molar-refractivity contribution < 1.29 is 47.5 Å². The Kier molecular flexibility index (Phi) is 26.9. The van der Waals surface area contributed by atoms with Crippen LogP contribution in [0.1, 0.15) is 52.4 Å². The number of esters is 2. The summed E-state index contributed by atoms with van der Waals surface area (Å²) in [5, 5.41) is 0. The molecule has 202 valence electrons. The van der Waals surface area contributed by atoms with Gasteiger partial charge >= 0.3 is 11.9 Å². The van der Waals surface area contributed by atoms with E-state index < -0.39 is 0 Å². The van der Waals surface area contributed by atoms with Crippen molar-refractivity contribution in [1.29, 1.82) is 0 Å². The van der Waals surface area contributed by atoms with E-state index in [1.54, 1.807) is 6.92 Å². The Labute approximate surface area is 204 Å². The lowest BCUT2D eigenvalue weighted by atomic mass is 10.2. The minimum absolute atomic E-state index is 0.154. The van der Waals surface area contributed by atoms with Gasteiger partial charge in [0.25, 0.3) is 0 Å². The van der Waals surface area contributed by atoms with Crippen LogP contribution in [-0.4, -0.2) is 104 Å². The number of unbranched alkanes of at least 4 members (excludes halogenated alkanes) is 3. The molecule has 0 aromatic heterocycles. The quantitative estimate of drug-likeness (QED) is 0.125. The normalized spacial score (nSPS) is 11.0. The van der Waals surface area contributed by atoms with Gasteiger partial charge in [-0.05, 0) is 13.3 Å². The lowest BCUT2D eigenvalue weighted by Crippen LogP contribution is -2.15. The van der Waals surface area contributed by atoms with Crippen LogP contribution < -0.4 is 0 Å². The Morgan fingerprint density at radius 1 is 0.441 bits per heavy atom. The molecular formula is C24H46O10. The van der Waals surface area contributed by atoms with E-state index in [1.807, 2.05) is 0 Å². The van der Waals surface area contributed by atoms with Crippen molar-refractivity contribution in [2.24, 2.45) is 0 Å². The second-order valence-corrected chi connectivity index (χ2v) is 7.26. The van der Waals surface area contributed by atoms with E-state index in [0.717, 1.165) is 25.7 Å². The van der Waals surface area contributed by atoms with Gasteiger partial charge < -0.3 is 37.9 Å². The Morgan fingerprint density at radius 3 is 1.29 bits per heavy atom. The number of ether oxygens (including phenoxy) is 8. The van der Waals surface area contributed by atoms with Gasteiger partial charge in [-0.1, -0.05) is 26.2 Å². The second kappa shape index (κ2) is 27.9. The van der Waals surface area contributed by atoms with E-state index in [9.17, 15) is 9.59 Å². The molecule has 10 nitrogen and oxygen atoms in total. The first-order valence-electron chi connectivity index (χ1n) is 12.5. The average Bonchev–Trinajstić information content (AvgIpc) is 2.83. The molecule has 0 amide bonds. The van der Waals surface area contributed by atoms with Crippen LogP contribution in [0.5, 0.6) is 0 Å². The Morgan fingerprint density at radius 2 is 0.853 bits per heavy atom. The number of carbonyl (C=O) groups is 2. The van der Waals surface area contributed by atoms with Crippen molar-refractivity contribution in [3.05, 3.63) is 0 Å². The fourth-order valence-electron chi connectivity index (χ4n) is 2.57. The van der Waals surface area contributed by atoms with Crippen LogP contribution in [0.25, 0.3) is 0 Å². The van der Waals surface area contributed by atoms with Gasteiger partial charge in [-0.3, -0.25) is 9.59 Å². The monoisotopic (exact) mass is 494 g/mol. The maximum absolute atomic E-state index is 11.5. The summed E-state index contributed by atoms with van der Waals surface area (Å²) in [4.78, 5) is 22.6. The minimum atomic E-state index is -0.251. The highest BCUT2D eigenvalue weighted by atomic mass is 16.6. The van der Waals surface area contributed by atoms with Crippen molar-refractivity contribution >= 4 is 11.9 Å². The molecule has 0 rings (SSSR count). The summed E-state index contributed by atoms with van der Waals surface area (Å²) < 4.78 is 42.1. The van der Waals surface area contributed by atoms with Crippen LogP contribution in [0.3, 0.4) is 0 Å². The SMILES string of the molecule is CCCCCCC(=O)OCCOCCOCCOCCOCCOCCOCCC(=O)OCC. The van der Waals surface area contributed by atoms with Crippen LogP contribution >= 0.6 is 0 Å². The van der Waals surface area contributed by atoms with E-state index in [0.29, 0.717) is 92.3 Å². The summed E-state index contributed by atoms with van der Waals surface area (Å²) >= 11 is 0. The van der Waals surface area contributed by atoms with Crippen LogP contribution in [0.2, 0.25) is 0 Å². The first-order valence-corrected chi connectivity index (χ1v) is 12.5. The van der Waals surface area contributed by atoms with E-state index >= 15 is 0 Å². The summed E-state index contributed by atoms with van der Waals surface area (Å²) in [6, 6.07) is 0. The molecule has 34 heavy (non-hydrogen) atoms. The van der Waals surface area contributed by atoms with Gasteiger partial charge in [-0.15, -0.1) is 0 Å². The molecule has 0 heterocycles. The third kappa shape index (κ3) is 26.9. The second-order valence-electron chi connectivity index (χ2n) is 7.26. The molecule has 0 aliphatic rings. The fraction of sp³-hybridized carbons (Fsp3) is 0.917. The third-order valence-electron chi connectivity index (χ3n) is 4.34. The summed E-state index contributed by atoms with van der Waals surface area (Å²) in [5.74, 6) is -0.405. The van der Waals surface area contributed by atoms with Crippen molar-refractivity contribution in [3.63, 3.8) is 0 Å². The molecule has 0 aliphatic carbocycles. The largest absolute Gasteiger partial charge is 0.466 e. The maximum Gasteiger partial charge on any atom is 0.308 e. The maximum atomic E-state index is 11.5. The molecule has 0 radical (unpaired) electrons. The number of rotatable bonds is 27. The number of carbonyl (C=O) groups excluding carboxylic acids is 2. The zero-order chi connectivity index (χ0) is 25.0. The van der Waals surface area contributed by atoms with Crippen LogP contribution in [0.4, 0.5) is 0 Å². The number of hydrogen-bond donors (Lipinski definition) is 0. The Bertz CT molecular complexity index is 447. The highest BCUT2D eigenvalue weighted by Crippen LogP contribution is 2.03. The minimum Gasteiger partial charge on any atom is -0.466 e. The van der Waals surface area contributed by atoms with E-state index in [2.05, 4.69) is 6.92 Å². The van der Waals surface area contributed by atoms with Gasteiger partial charge in [-0.2, -0.15) is 0 Å². The molecule has 10 heteroatoms. The van der Waals surface area contributed by atoms with Gasteiger partial charge in [0.15, 0.2) is 0 Å². The topological polar surface area (TPSA) is 108 Å². The first-order chi connectivity index (χ1) is 16.7. The van der Waals surface area contributed by atoms with Gasteiger partial charge in [-0.25, -0.2) is 0 Å². The van der Waals surface area contributed by atoms with Crippen molar-refractivity contribution in [2.45, 2.75) is 52.4 Å². The van der Waals surface area contributed by atoms with E-state index in [4.69, 9.17) is 37.9 Å². The highest BCUT2D eigenvalue weighted by molar-refractivity contribution is 5.69. The third-order valence-corrected chi connectivity index (χ3v) is 4.34. The van der Waals surface area contributed by atoms with Gasteiger partial charge in [0.2, 0.25) is 0 Å². The number of hydrogen-bond acceptors (Lipinski definition) is 10. The van der Waals surface area contributed by atoms with E-state index in [1.165, 1.54) is 0 Å². The zero-order valence-corrected chi connectivity index (χ0v) is 21.2. The average molecular weight is 495 g/mol. The van der Waals surface area contributed by atoms with Gasteiger partial charge in [0.05, 0.1) is 92.3 Å². The Hall–Kier alpha value is -1.30. The molecule has 0 aromatic rings. The van der Waals surface area contributed by atoms with Crippen LogP contribution in [0, 0.1) is 0 Å². The van der Waals surface area contributed by atoms with Crippen molar-refractivity contribution in [2.75, 3.05) is 92.5 Å². The Balaban J connectivity index is 3.11. The van der Waals surface area contributed by atoms with Crippen molar-refractivity contribution in [3.8, 4) is 0 Å². The predicted molar refractivity (Wildman–Crippen MR) is 126 cm³/mol.